The summed E-state index contributed by atoms with van der Waals surface area (Å²) in [6, 6.07) is 9.62. The molecular formula is C32H39FN6O. The zero-order valence-electron chi connectivity index (χ0n) is 24.0. The van der Waals surface area contributed by atoms with Gasteiger partial charge in [0.05, 0.1) is 11.1 Å². The molecule has 0 fully saturated rings. The van der Waals surface area contributed by atoms with E-state index in [4.69, 9.17) is 6.42 Å². The molecule has 0 saturated heterocycles. The number of aryl methyl sites for hydroxylation is 2. The van der Waals surface area contributed by atoms with E-state index in [9.17, 15) is 9.18 Å². The van der Waals surface area contributed by atoms with Gasteiger partial charge in [-0.25, -0.2) is 9.38 Å². The lowest BCUT2D eigenvalue weighted by molar-refractivity contribution is 0.102. The number of rotatable bonds is 10. The molecule has 210 valence electrons. The Bertz CT molecular complexity index is 1380. The number of nitrogens with zero attached hydrogens (tertiary/aromatic N) is 3. The molecular weight excluding hydrogens is 503 g/mol. The highest BCUT2D eigenvalue weighted by atomic mass is 19.1. The van der Waals surface area contributed by atoms with Gasteiger partial charge in [0, 0.05) is 35.4 Å². The van der Waals surface area contributed by atoms with Crippen molar-refractivity contribution in [1.29, 1.82) is 0 Å². The molecule has 2 heterocycles. The number of amides is 1. The number of terminal acetylenes is 1. The van der Waals surface area contributed by atoms with Crippen molar-refractivity contribution >= 4 is 23.2 Å². The largest absolute Gasteiger partial charge is 0.323 e. The number of aliphatic imine (C=N–C) groups is 1. The van der Waals surface area contributed by atoms with Gasteiger partial charge in [-0.1, -0.05) is 45.3 Å². The maximum Gasteiger partial charge on any atom is 0.255 e. The zero-order valence-corrected chi connectivity index (χ0v) is 24.0. The van der Waals surface area contributed by atoms with Crippen molar-refractivity contribution in [3.63, 3.8) is 0 Å². The van der Waals surface area contributed by atoms with E-state index in [-0.39, 0.29) is 11.7 Å². The Labute approximate surface area is 237 Å². The molecule has 40 heavy (non-hydrogen) atoms. The van der Waals surface area contributed by atoms with Crippen LogP contribution in [0.5, 0.6) is 0 Å². The summed E-state index contributed by atoms with van der Waals surface area (Å²) in [5, 5.41) is 13.0. The molecule has 1 amide bonds. The van der Waals surface area contributed by atoms with E-state index >= 15 is 0 Å². The number of allylic oxidation sites excluding steroid dienone is 1. The Kier molecular flexibility index (Phi) is 12.5. The summed E-state index contributed by atoms with van der Waals surface area (Å²) in [4.78, 5) is 21.3. The second kappa shape index (κ2) is 15.8. The first-order chi connectivity index (χ1) is 19.2. The number of anilines is 2. The van der Waals surface area contributed by atoms with E-state index in [1.54, 1.807) is 42.7 Å². The highest BCUT2D eigenvalue weighted by molar-refractivity contribution is 6.04. The Balaban J connectivity index is 0.00000131. The predicted octanol–water partition coefficient (Wildman–Crippen LogP) is 7.23. The van der Waals surface area contributed by atoms with E-state index < -0.39 is 5.41 Å². The molecule has 0 atom stereocenters. The van der Waals surface area contributed by atoms with Crippen molar-refractivity contribution in [2.75, 3.05) is 10.6 Å². The monoisotopic (exact) mass is 542 g/mol. The van der Waals surface area contributed by atoms with Gasteiger partial charge in [-0.3, -0.25) is 14.9 Å². The number of halogens is 1. The van der Waals surface area contributed by atoms with Gasteiger partial charge in [0.2, 0.25) is 0 Å². The lowest BCUT2D eigenvalue weighted by Gasteiger charge is -2.17. The van der Waals surface area contributed by atoms with Crippen molar-refractivity contribution in [3.8, 4) is 12.3 Å². The number of H-pyrrole nitrogens is 1. The molecule has 3 aromatic rings. The first kappa shape index (κ1) is 31.7. The van der Waals surface area contributed by atoms with Gasteiger partial charge < -0.3 is 10.6 Å². The normalized spacial score (nSPS) is 11.4. The third-order valence-electron chi connectivity index (χ3n) is 5.93. The average Bonchev–Trinajstić information content (AvgIpc) is 3.42. The number of nitrogens with one attached hydrogen (secondary N) is 3. The van der Waals surface area contributed by atoms with Crippen molar-refractivity contribution in [1.82, 2.24) is 15.2 Å². The van der Waals surface area contributed by atoms with E-state index in [0.717, 1.165) is 5.69 Å². The summed E-state index contributed by atoms with van der Waals surface area (Å²) in [5.41, 5.74) is 2.23. The van der Waals surface area contributed by atoms with Crippen LogP contribution in [-0.2, 0) is 18.3 Å². The first-order valence-electron chi connectivity index (χ1n) is 13.3. The van der Waals surface area contributed by atoms with E-state index in [1.165, 1.54) is 25.0 Å². The number of carbonyl (C=O) groups excluding carboxylic acids is 1. The fourth-order valence-electron chi connectivity index (χ4n) is 3.28. The SMILES string of the molecule is C#CC(C)(C)c1cc(C(=O)Nc2ccc(F)c(CCc3cc(NC(C=C)=N/C=C\C)n[nH]3)c2)ccn1.CCCC. The smallest absolute Gasteiger partial charge is 0.255 e. The van der Waals surface area contributed by atoms with Gasteiger partial charge in [0.15, 0.2) is 5.82 Å². The summed E-state index contributed by atoms with van der Waals surface area (Å²) in [6.45, 7) is 13.7. The molecule has 0 aliphatic carbocycles. The minimum absolute atomic E-state index is 0.328. The van der Waals surface area contributed by atoms with Crippen LogP contribution in [0.3, 0.4) is 0 Å². The fourth-order valence-corrected chi connectivity index (χ4v) is 3.28. The van der Waals surface area contributed by atoms with E-state index in [1.807, 2.05) is 26.8 Å². The molecule has 0 bridgehead atoms. The Morgan fingerprint density at radius 2 is 1.93 bits per heavy atom. The molecule has 3 N–H and O–H groups in total. The third kappa shape index (κ3) is 9.66. The number of hydrogen-bond donors (Lipinski definition) is 3. The molecule has 8 heteroatoms. The van der Waals surface area contributed by atoms with Gasteiger partial charge in [-0.2, -0.15) is 5.10 Å². The van der Waals surface area contributed by atoms with E-state index in [0.29, 0.717) is 47.0 Å². The van der Waals surface area contributed by atoms with Crippen LogP contribution in [0.2, 0.25) is 0 Å². The van der Waals surface area contributed by atoms with Crippen LogP contribution in [0.4, 0.5) is 15.9 Å². The maximum absolute atomic E-state index is 14.5. The fraction of sp³-hybridized carbons (Fsp3) is 0.312. The maximum atomic E-state index is 14.5. The number of unbranched alkanes of at least 4 members (excludes halogenated alkanes) is 1. The number of hydrogen-bond acceptors (Lipinski definition) is 4. The number of aromatic nitrogens is 3. The summed E-state index contributed by atoms with van der Waals surface area (Å²) < 4.78 is 14.5. The van der Waals surface area contributed by atoms with Crippen LogP contribution in [-0.4, -0.2) is 26.9 Å². The highest BCUT2D eigenvalue weighted by Crippen LogP contribution is 2.22. The summed E-state index contributed by atoms with van der Waals surface area (Å²) >= 11 is 0. The van der Waals surface area contributed by atoms with Crippen LogP contribution in [0.1, 0.15) is 74.8 Å². The Morgan fingerprint density at radius 1 is 1.18 bits per heavy atom. The van der Waals surface area contributed by atoms with Gasteiger partial charge in [-0.05, 0) is 75.6 Å². The van der Waals surface area contributed by atoms with Crippen LogP contribution in [0.25, 0.3) is 0 Å². The van der Waals surface area contributed by atoms with Crippen LogP contribution >= 0.6 is 0 Å². The molecule has 0 unspecified atom stereocenters. The number of amidine groups is 1. The molecule has 2 aromatic heterocycles. The average molecular weight is 543 g/mol. The lowest BCUT2D eigenvalue weighted by Crippen LogP contribution is -2.18. The number of benzene rings is 1. The van der Waals surface area contributed by atoms with Crippen LogP contribution in [0, 0.1) is 18.2 Å². The van der Waals surface area contributed by atoms with Crippen LogP contribution < -0.4 is 10.6 Å². The third-order valence-corrected chi connectivity index (χ3v) is 5.93. The molecule has 3 rings (SSSR count). The van der Waals surface area contributed by atoms with E-state index in [2.05, 4.69) is 57.2 Å². The minimum atomic E-state index is -0.603. The second-order valence-electron chi connectivity index (χ2n) is 9.56. The van der Waals surface area contributed by atoms with Crippen molar-refractivity contribution in [2.24, 2.45) is 4.99 Å². The second-order valence-corrected chi connectivity index (χ2v) is 9.56. The van der Waals surface area contributed by atoms with Gasteiger partial charge in [0.25, 0.3) is 5.91 Å². The van der Waals surface area contributed by atoms with Gasteiger partial charge in [0.1, 0.15) is 11.7 Å². The highest BCUT2D eigenvalue weighted by Gasteiger charge is 2.20. The quantitative estimate of drug-likeness (QED) is 0.143. The van der Waals surface area contributed by atoms with Gasteiger partial charge >= 0.3 is 0 Å². The zero-order chi connectivity index (χ0) is 29.5. The van der Waals surface area contributed by atoms with Crippen LogP contribution in [0.15, 0.2) is 72.5 Å². The summed E-state index contributed by atoms with van der Waals surface area (Å²) in [5.74, 6) is 3.14. The molecule has 0 aliphatic heterocycles. The number of aromatic amines is 1. The Morgan fingerprint density at radius 3 is 2.58 bits per heavy atom. The minimum Gasteiger partial charge on any atom is -0.323 e. The summed E-state index contributed by atoms with van der Waals surface area (Å²) in [6.07, 6.45) is 15.8. The van der Waals surface area contributed by atoms with Crippen molar-refractivity contribution in [3.05, 3.63) is 95.9 Å². The standard InChI is InChI=1S/C28H29FN6O.C4H10/c1-6-14-31-25(7-2)33-26-18-22(34-35-26)10-9-19-16-21(11-12-23(19)29)32-27(36)20-13-15-30-24(17-20)28(4,5)8-3;1-3-4-2/h3,6-7,11-18H,2,9-10H2,1,4-5H3,(H,32,36)(H2,31,33,34,35);3-4H2,1-2H3/b14-6-;. The topological polar surface area (TPSA) is 95.1 Å². The molecule has 0 aliphatic rings. The Hall–Kier alpha value is -4.51. The number of carbonyl (C=O) groups is 1. The predicted molar refractivity (Wildman–Crippen MR) is 163 cm³/mol. The molecule has 1 aromatic carbocycles. The molecule has 7 nitrogen and oxygen atoms in total. The van der Waals surface area contributed by atoms with Gasteiger partial charge in [-0.15, -0.1) is 6.42 Å². The molecule has 0 saturated carbocycles. The van der Waals surface area contributed by atoms with Crippen molar-refractivity contribution in [2.45, 2.75) is 65.7 Å². The summed E-state index contributed by atoms with van der Waals surface area (Å²) in [7, 11) is 0. The lowest BCUT2D eigenvalue weighted by atomic mass is 9.89. The molecule has 0 radical (unpaired) electrons. The first-order valence-corrected chi connectivity index (χ1v) is 13.3. The molecule has 0 spiro atoms. The van der Waals surface area contributed by atoms with Crippen molar-refractivity contribution < 1.29 is 9.18 Å². The number of pyridine rings is 1.